The largest absolute Gasteiger partial charge is 0.450 e. The average Bonchev–Trinajstić information content (AvgIpc) is 3.31. The molecule has 1 saturated heterocycles. The number of anilines is 1. The normalized spacial score (nSPS) is 18.4. The van der Waals surface area contributed by atoms with Crippen molar-refractivity contribution >= 4 is 51.8 Å². The second-order valence-corrected chi connectivity index (χ2v) is 11.7. The molecule has 7 nitrogen and oxygen atoms in total. The van der Waals surface area contributed by atoms with Gasteiger partial charge in [0.25, 0.3) is 0 Å². The van der Waals surface area contributed by atoms with Gasteiger partial charge in [-0.3, -0.25) is 19.3 Å². The van der Waals surface area contributed by atoms with Crippen LogP contribution < -0.4 is 4.90 Å². The molecule has 0 spiro atoms. The molecule has 0 radical (unpaired) electrons. The third-order valence-electron chi connectivity index (χ3n) is 8.47. The van der Waals surface area contributed by atoms with E-state index in [2.05, 4.69) is 0 Å². The molecule has 2 aliphatic rings. The van der Waals surface area contributed by atoms with Crippen molar-refractivity contribution in [2.24, 2.45) is 11.8 Å². The second kappa shape index (κ2) is 12.2. The van der Waals surface area contributed by atoms with E-state index in [0.717, 1.165) is 0 Å². The summed E-state index contributed by atoms with van der Waals surface area (Å²) in [7, 11) is 0. The first-order chi connectivity index (χ1) is 21.3. The number of aromatic nitrogens is 1. The van der Waals surface area contributed by atoms with Gasteiger partial charge in [0.2, 0.25) is 17.6 Å². The number of benzene rings is 3. The van der Waals surface area contributed by atoms with Crippen LogP contribution >= 0.6 is 11.6 Å². The Balaban J connectivity index is 1.35. The highest BCUT2D eigenvalue weighted by atomic mass is 35.5. The molecule has 1 aliphatic heterocycles. The van der Waals surface area contributed by atoms with E-state index in [9.17, 15) is 19.2 Å². The standard InChI is InChI=1S/C36H31ClN2O5/c1-3-9-31(33(40)23-10-5-4-6-11-23)44-36(43)28-20-30(38-32-21(2)29(37)19-18-25(28)32)22-14-16-24(17-15-22)39-34(41)26-12-7-8-13-27(26)35(39)42/h4-8,10-11,14-20,26-27,31H,3,9,12-13H2,1-2H3. The molecule has 1 aliphatic carbocycles. The van der Waals surface area contributed by atoms with Gasteiger partial charge in [-0.1, -0.05) is 85.6 Å². The van der Waals surface area contributed by atoms with Crippen LogP contribution in [-0.4, -0.2) is 34.7 Å². The van der Waals surface area contributed by atoms with Crippen LogP contribution in [0.1, 0.15) is 58.9 Å². The number of nitrogens with zero attached hydrogens (tertiary/aromatic N) is 2. The summed E-state index contributed by atoms with van der Waals surface area (Å²) in [6.45, 7) is 3.76. The molecule has 44 heavy (non-hydrogen) atoms. The lowest BCUT2D eigenvalue weighted by atomic mass is 9.85. The Labute approximate surface area is 260 Å². The number of hydrogen-bond donors (Lipinski definition) is 0. The van der Waals surface area contributed by atoms with E-state index in [1.165, 1.54) is 4.90 Å². The number of amides is 2. The van der Waals surface area contributed by atoms with Crippen molar-refractivity contribution in [3.8, 4) is 11.3 Å². The maximum atomic E-state index is 13.8. The maximum absolute atomic E-state index is 13.8. The van der Waals surface area contributed by atoms with Crippen LogP contribution in [0.2, 0.25) is 5.02 Å². The number of carbonyl (C=O) groups is 4. The third-order valence-corrected chi connectivity index (χ3v) is 8.88. The molecule has 0 bridgehead atoms. The lowest BCUT2D eigenvalue weighted by Crippen LogP contribution is -2.30. The van der Waals surface area contributed by atoms with Crippen molar-refractivity contribution in [1.82, 2.24) is 4.98 Å². The van der Waals surface area contributed by atoms with E-state index >= 15 is 0 Å². The van der Waals surface area contributed by atoms with Crippen molar-refractivity contribution in [2.75, 3.05) is 4.90 Å². The summed E-state index contributed by atoms with van der Waals surface area (Å²) < 4.78 is 5.88. The van der Waals surface area contributed by atoms with Crippen molar-refractivity contribution in [3.05, 3.63) is 107 Å². The zero-order valence-electron chi connectivity index (χ0n) is 24.5. The molecule has 3 aromatic carbocycles. The highest BCUT2D eigenvalue weighted by Crippen LogP contribution is 2.38. The Kier molecular flexibility index (Phi) is 8.15. The lowest BCUT2D eigenvalue weighted by molar-refractivity contribution is -0.122. The number of ketones is 1. The van der Waals surface area contributed by atoms with E-state index in [1.807, 2.05) is 32.1 Å². The maximum Gasteiger partial charge on any atom is 0.339 e. The molecule has 2 heterocycles. The number of rotatable bonds is 8. The predicted molar refractivity (Wildman–Crippen MR) is 170 cm³/mol. The van der Waals surface area contributed by atoms with Gasteiger partial charge in [-0.15, -0.1) is 0 Å². The number of hydrogen-bond acceptors (Lipinski definition) is 6. The van der Waals surface area contributed by atoms with Crippen LogP contribution in [0, 0.1) is 18.8 Å². The van der Waals surface area contributed by atoms with Gasteiger partial charge in [0, 0.05) is 21.5 Å². The molecule has 6 rings (SSSR count). The summed E-state index contributed by atoms with van der Waals surface area (Å²) in [5.41, 5.74) is 3.64. The van der Waals surface area contributed by atoms with Crippen LogP contribution in [0.5, 0.6) is 0 Å². The number of aryl methyl sites for hydroxylation is 1. The van der Waals surface area contributed by atoms with E-state index in [-0.39, 0.29) is 35.0 Å². The summed E-state index contributed by atoms with van der Waals surface area (Å²) in [5, 5.41) is 1.06. The number of ether oxygens (including phenoxy) is 1. The van der Waals surface area contributed by atoms with Crippen LogP contribution in [0.4, 0.5) is 5.69 Å². The minimum atomic E-state index is -0.941. The Morgan fingerprint density at radius 1 is 0.955 bits per heavy atom. The molecule has 3 unspecified atom stereocenters. The predicted octanol–water partition coefficient (Wildman–Crippen LogP) is 7.53. The fourth-order valence-electron chi connectivity index (χ4n) is 6.04. The quantitative estimate of drug-likeness (QED) is 0.0891. The number of esters is 1. The van der Waals surface area contributed by atoms with Gasteiger partial charge in [0.05, 0.1) is 34.3 Å². The summed E-state index contributed by atoms with van der Waals surface area (Å²) in [4.78, 5) is 59.3. The van der Waals surface area contributed by atoms with E-state index in [4.69, 9.17) is 21.3 Å². The fraction of sp³-hybridized carbons (Fsp3) is 0.250. The SMILES string of the molecule is CCCC(OC(=O)c1cc(-c2ccc(N3C(=O)C4CC=CCC4C3=O)cc2)nc2c(C)c(Cl)ccc12)C(=O)c1ccccc1. The van der Waals surface area contributed by atoms with Gasteiger partial charge in [-0.05, 0) is 56.0 Å². The highest BCUT2D eigenvalue weighted by molar-refractivity contribution is 6.32. The molecule has 1 aromatic heterocycles. The van der Waals surface area contributed by atoms with E-state index in [1.54, 1.807) is 66.7 Å². The topological polar surface area (TPSA) is 93.6 Å². The first-order valence-electron chi connectivity index (χ1n) is 14.8. The lowest BCUT2D eigenvalue weighted by Gasteiger charge is -2.18. The van der Waals surface area contributed by atoms with Gasteiger partial charge >= 0.3 is 5.97 Å². The Morgan fingerprint density at radius 3 is 2.25 bits per heavy atom. The fourth-order valence-corrected chi connectivity index (χ4v) is 6.20. The average molecular weight is 607 g/mol. The first kappa shape index (κ1) is 29.5. The number of pyridine rings is 1. The second-order valence-electron chi connectivity index (χ2n) is 11.3. The first-order valence-corrected chi connectivity index (χ1v) is 15.2. The summed E-state index contributed by atoms with van der Waals surface area (Å²) in [5.74, 6) is -1.88. The molecule has 0 N–H and O–H groups in total. The summed E-state index contributed by atoms with van der Waals surface area (Å²) in [6, 6.07) is 20.9. The van der Waals surface area contributed by atoms with Crippen molar-refractivity contribution in [3.63, 3.8) is 0 Å². The minimum Gasteiger partial charge on any atom is -0.450 e. The molecular weight excluding hydrogens is 576 g/mol. The summed E-state index contributed by atoms with van der Waals surface area (Å²) in [6.07, 6.45) is 5.16. The van der Waals surface area contributed by atoms with Crippen molar-refractivity contribution < 1.29 is 23.9 Å². The minimum absolute atomic E-state index is 0.178. The number of halogens is 1. The molecule has 4 aromatic rings. The Bertz CT molecular complexity index is 1790. The molecular formula is C36H31ClN2O5. The smallest absolute Gasteiger partial charge is 0.339 e. The third kappa shape index (κ3) is 5.33. The molecule has 3 atom stereocenters. The number of carbonyl (C=O) groups excluding carboxylic acids is 4. The molecule has 1 fully saturated rings. The van der Waals surface area contributed by atoms with Gasteiger partial charge in [-0.2, -0.15) is 0 Å². The number of allylic oxidation sites excluding steroid dienone is 2. The number of Topliss-reactive ketones (excluding diaryl/α,β-unsaturated/α-hetero) is 1. The zero-order chi connectivity index (χ0) is 31.0. The zero-order valence-corrected chi connectivity index (χ0v) is 25.2. The molecule has 2 amide bonds. The van der Waals surface area contributed by atoms with Gasteiger partial charge in [0.15, 0.2) is 6.10 Å². The van der Waals surface area contributed by atoms with Crippen molar-refractivity contribution in [2.45, 2.75) is 45.6 Å². The van der Waals surface area contributed by atoms with Crippen molar-refractivity contribution in [1.29, 1.82) is 0 Å². The Hall–Kier alpha value is -4.62. The Morgan fingerprint density at radius 2 is 1.61 bits per heavy atom. The molecule has 0 saturated carbocycles. The molecule has 222 valence electrons. The number of fused-ring (bicyclic) bond motifs is 2. The van der Waals surface area contributed by atoms with Gasteiger partial charge in [0.1, 0.15) is 0 Å². The summed E-state index contributed by atoms with van der Waals surface area (Å²) >= 11 is 6.45. The van der Waals surface area contributed by atoms with E-state index < -0.39 is 12.1 Å². The molecule has 8 heteroatoms. The monoisotopic (exact) mass is 606 g/mol. The van der Waals surface area contributed by atoms with Gasteiger partial charge in [-0.25, -0.2) is 9.78 Å². The number of imide groups is 1. The van der Waals surface area contributed by atoms with E-state index in [0.29, 0.717) is 69.7 Å². The van der Waals surface area contributed by atoms with Crippen LogP contribution in [0.25, 0.3) is 22.2 Å². The van der Waals surface area contributed by atoms with Crippen LogP contribution in [-0.2, 0) is 14.3 Å². The highest BCUT2D eigenvalue weighted by Gasteiger charge is 2.47. The van der Waals surface area contributed by atoms with Gasteiger partial charge < -0.3 is 4.74 Å². The van der Waals surface area contributed by atoms with Crippen LogP contribution in [0.3, 0.4) is 0 Å². The van der Waals surface area contributed by atoms with Crippen LogP contribution in [0.15, 0.2) is 84.9 Å².